The highest BCUT2D eigenvalue weighted by Crippen LogP contribution is 1.98. The van der Waals surface area contributed by atoms with E-state index in [0.717, 1.165) is 0 Å². The van der Waals surface area contributed by atoms with E-state index in [4.69, 9.17) is 16.3 Å². The third-order valence-corrected chi connectivity index (χ3v) is 2.12. The predicted molar refractivity (Wildman–Crippen MR) is 58.8 cm³/mol. The predicted octanol–water partition coefficient (Wildman–Crippen LogP) is 1.46. The Bertz CT molecular complexity index is 209. The van der Waals surface area contributed by atoms with Crippen molar-refractivity contribution in [2.75, 3.05) is 12.5 Å². The second-order valence-electron chi connectivity index (χ2n) is 3.07. The molecule has 0 bridgehead atoms. The van der Waals surface area contributed by atoms with Crippen molar-refractivity contribution in [3.63, 3.8) is 0 Å². The number of hydrogen-bond acceptors (Lipinski definition) is 3. The smallest absolute Gasteiger partial charge is 0.328 e. The molecule has 0 spiro atoms. The van der Waals surface area contributed by atoms with Crippen molar-refractivity contribution in [2.24, 2.45) is 0 Å². The number of rotatable bonds is 7. The Morgan fingerprint density at radius 2 is 2.07 bits per heavy atom. The average molecular weight is 236 g/mol. The summed E-state index contributed by atoms with van der Waals surface area (Å²) in [7, 11) is 0. The van der Waals surface area contributed by atoms with Crippen LogP contribution in [0.15, 0.2) is 0 Å². The van der Waals surface area contributed by atoms with Crippen LogP contribution < -0.4 is 5.32 Å². The van der Waals surface area contributed by atoms with Gasteiger partial charge in [0.15, 0.2) is 0 Å². The lowest BCUT2D eigenvalue weighted by Gasteiger charge is -2.15. The Labute approximate surface area is 95.3 Å². The third kappa shape index (κ3) is 6.33. The average Bonchev–Trinajstić information content (AvgIpc) is 2.23. The largest absolute Gasteiger partial charge is 0.464 e. The standard InChI is InChI=1S/C10H18ClNO3/c1-3-8(10(14)15-4-2)12-9(13)6-5-7-11/h8H,3-7H2,1-2H3,(H,12,13)/t8-/m0/s1. The Balaban J connectivity index is 3.97. The SMILES string of the molecule is CCOC(=O)[C@H](CC)NC(=O)CCCCl. The van der Waals surface area contributed by atoms with Gasteiger partial charge in [0.1, 0.15) is 6.04 Å². The van der Waals surface area contributed by atoms with E-state index in [1.807, 2.05) is 6.92 Å². The van der Waals surface area contributed by atoms with E-state index in [0.29, 0.717) is 31.7 Å². The number of alkyl halides is 1. The second-order valence-corrected chi connectivity index (χ2v) is 3.45. The molecule has 0 rings (SSSR count). The molecule has 0 aliphatic rings. The van der Waals surface area contributed by atoms with Crippen LogP contribution in [0.25, 0.3) is 0 Å². The lowest BCUT2D eigenvalue weighted by atomic mass is 10.2. The molecule has 0 aliphatic carbocycles. The first-order valence-corrected chi connectivity index (χ1v) is 5.71. The van der Waals surface area contributed by atoms with E-state index in [1.54, 1.807) is 6.92 Å². The number of esters is 1. The van der Waals surface area contributed by atoms with Crippen LogP contribution in [0.5, 0.6) is 0 Å². The molecule has 4 nitrogen and oxygen atoms in total. The van der Waals surface area contributed by atoms with Crippen molar-refractivity contribution < 1.29 is 14.3 Å². The highest BCUT2D eigenvalue weighted by molar-refractivity contribution is 6.17. The molecule has 1 amide bonds. The molecular formula is C10H18ClNO3. The van der Waals surface area contributed by atoms with Crippen molar-refractivity contribution in [3.8, 4) is 0 Å². The van der Waals surface area contributed by atoms with Crippen molar-refractivity contribution in [3.05, 3.63) is 0 Å². The van der Waals surface area contributed by atoms with E-state index in [1.165, 1.54) is 0 Å². The summed E-state index contributed by atoms with van der Waals surface area (Å²) in [5, 5.41) is 2.61. The van der Waals surface area contributed by atoms with E-state index >= 15 is 0 Å². The Morgan fingerprint density at radius 3 is 2.53 bits per heavy atom. The maximum absolute atomic E-state index is 11.3. The molecular weight excluding hydrogens is 218 g/mol. The maximum atomic E-state index is 11.3. The number of ether oxygens (including phenoxy) is 1. The zero-order chi connectivity index (χ0) is 11.7. The minimum Gasteiger partial charge on any atom is -0.464 e. The number of carbonyl (C=O) groups is 2. The summed E-state index contributed by atoms with van der Waals surface area (Å²) in [5.41, 5.74) is 0. The van der Waals surface area contributed by atoms with Gasteiger partial charge < -0.3 is 10.1 Å². The molecule has 0 saturated carbocycles. The molecule has 0 aromatic rings. The zero-order valence-corrected chi connectivity index (χ0v) is 9.97. The van der Waals surface area contributed by atoms with Gasteiger partial charge in [-0.2, -0.15) is 0 Å². The number of hydrogen-bond donors (Lipinski definition) is 1. The van der Waals surface area contributed by atoms with Crippen molar-refractivity contribution in [2.45, 2.75) is 39.2 Å². The van der Waals surface area contributed by atoms with Crippen LogP contribution in [0.2, 0.25) is 0 Å². The summed E-state index contributed by atoms with van der Waals surface area (Å²) < 4.78 is 4.82. The van der Waals surface area contributed by atoms with Crippen LogP contribution in [-0.4, -0.2) is 30.4 Å². The first-order chi connectivity index (χ1) is 7.15. The fraction of sp³-hybridized carbons (Fsp3) is 0.800. The van der Waals surface area contributed by atoms with Crippen LogP contribution in [0.1, 0.15) is 33.1 Å². The Kier molecular flexibility index (Phi) is 8.09. The van der Waals surface area contributed by atoms with E-state index in [9.17, 15) is 9.59 Å². The molecule has 5 heteroatoms. The van der Waals surface area contributed by atoms with Crippen LogP contribution in [-0.2, 0) is 14.3 Å². The molecule has 88 valence electrons. The molecule has 0 aromatic heterocycles. The Morgan fingerprint density at radius 1 is 1.40 bits per heavy atom. The molecule has 1 atom stereocenters. The van der Waals surface area contributed by atoms with Gasteiger partial charge in [-0.3, -0.25) is 4.79 Å². The first kappa shape index (κ1) is 14.2. The van der Waals surface area contributed by atoms with Crippen LogP contribution in [0, 0.1) is 0 Å². The molecule has 0 saturated heterocycles. The van der Waals surface area contributed by atoms with Crippen LogP contribution in [0.3, 0.4) is 0 Å². The molecule has 0 fully saturated rings. The van der Waals surface area contributed by atoms with E-state index < -0.39 is 6.04 Å². The van der Waals surface area contributed by atoms with Gasteiger partial charge in [0, 0.05) is 12.3 Å². The van der Waals surface area contributed by atoms with Crippen LogP contribution in [0.4, 0.5) is 0 Å². The van der Waals surface area contributed by atoms with Gasteiger partial charge in [0.05, 0.1) is 6.61 Å². The van der Waals surface area contributed by atoms with Crippen molar-refractivity contribution in [1.82, 2.24) is 5.32 Å². The number of nitrogens with one attached hydrogen (secondary N) is 1. The minimum atomic E-state index is -0.534. The number of amides is 1. The summed E-state index contributed by atoms with van der Waals surface area (Å²) in [6.45, 7) is 3.89. The normalized spacial score (nSPS) is 11.9. The molecule has 0 radical (unpaired) electrons. The summed E-state index contributed by atoms with van der Waals surface area (Å²) >= 11 is 5.46. The highest BCUT2D eigenvalue weighted by Gasteiger charge is 2.19. The molecule has 15 heavy (non-hydrogen) atoms. The monoisotopic (exact) mass is 235 g/mol. The quantitative estimate of drug-likeness (QED) is 0.537. The van der Waals surface area contributed by atoms with E-state index in [2.05, 4.69) is 5.32 Å². The fourth-order valence-corrected chi connectivity index (χ4v) is 1.20. The molecule has 0 aromatic carbocycles. The highest BCUT2D eigenvalue weighted by atomic mass is 35.5. The second kappa shape index (κ2) is 8.53. The topological polar surface area (TPSA) is 55.4 Å². The van der Waals surface area contributed by atoms with Gasteiger partial charge in [0.25, 0.3) is 0 Å². The third-order valence-electron chi connectivity index (χ3n) is 1.85. The van der Waals surface area contributed by atoms with Gasteiger partial charge >= 0.3 is 5.97 Å². The summed E-state index contributed by atoms with van der Waals surface area (Å²) in [5.74, 6) is -0.0846. The molecule has 0 aliphatic heterocycles. The van der Waals surface area contributed by atoms with E-state index in [-0.39, 0.29) is 11.9 Å². The molecule has 1 N–H and O–H groups in total. The summed E-state index contributed by atoms with van der Waals surface area (Å²) in [4.78, 5) is 22.6. The Hall–Kier alpha value is -0.770. The van der Waals surface area contributed by atoms with Crippen LogP contribution >= 0.6 is 11.6 Å². The number of halogens is 1. The van der Waals surface area contributed by atoms with Gasteiger partial charge in [-0.05, 0) is 19.8 Å². The first-order valence-electron chi connectivity index (χ1n) is 5.17. The maximum Gasteiger partial charge on any atom is 0.328 e. The van der Waals surface area contributed by atoms with Gasteiger partial charge in [-0.1, -0.05) is 6.92 Å². The minimum absolute atomic E-state index is 0.157. The summed E-state index contributed by atoms with van der Waals surface area (Å²) in [6, 6.07) is -0.534. The van der Waals surface area contributed by atoms with Gasteiger partial charge in [0.2, 0.25) is 5.91 Å². The fourth-order valence-electron chi connectivity index (χ4n) is 1.06. The van der Waals surface area contributed by atoms with Crippen molar-refractivity contribution >= 4 is 23.5 Å². The van der Waals surface area contributed by atoms with Crippen molar-refractivity contribution in [1.29, 1.82) is 0 Å². The molecule has 0 heterocycles. The molecule has 0 unspecified atom stereocenters. The lowest BCUT2D eigenvalue weighted by Crippen LogP contribution is -2.41. The van der Waals surface area contributed by atoms with Gasteiger partial charge in [-0.25, -0.2) is 4.79 Å². The van der Waals surface area contributed by atoms with Gasteiger partial charge in [-0.15, -0.1) is 11.6 Å². The lowest BCUT2D eigenvalue weighted by molar-refractivity contribution is -0.147. The number of carbonyl (C=O) groups excluding carboxylic acids is 2. The summed E-state index contributed by atoms with van der Waals surface area (Å²) in [6.07, 6.45) is 1.50. The zero-order valence-electron chi connectivity index (χ0n) is 9.22.